The average Bonchev–Trinajstić information content (AvgIpc) is 3.57. The Hall–Kier alpha value is -3.15. The third-order valence-electron chi connectivity index (χ3n) is 8.02. The summed E-state index contributed by atoms with van der Waals surface area (Å²) in [6.45, 7) is 1.63. The summed E-state index contributed by atoms with van der Waals surface area (Å²) in [7, 11) is 0. The summed E-state index contributed by atoms with van der Waals surface area (Å²) in [5, 5.41) is 0. The monoisotopic (exact) mass is 470 g/mol. The Morgan fingerprint density at radius 3 is 2.46 bits per heavy atom. The largest absolute Gasteiger partial charge is 0.339 e. The van der Waals surface area contributed by atoms with Gasteiger partial charge in [0.25, 0.3) is 0 Å². The van der Waals surface area contributed by atoms with Crippen molar-refractivity contribution in [1.29, 1.82) is 0 Å². The number of carbonyl (C=O) groups is 2. The number of hydrogen-bond donors (Lipinski definition) is 0. The van der Waals surface area contributed by atoms with E-state index in [9.17, 15) is 9.59 Å². The number of aromatic nitrogens is 2. The number of rotatable bonds is 7. The number of para-hydroxylation sites is 2. The normalized spacial score (nSPS) is 21.1. The van der Waals surface area contributed by atoms with Crippen LogP contribution in [0.1, 0.15) is 68.7 Å². The Kier molecular flexibility index (Phi) is 6.05. The maximum atomic E-state index is 14.0. The molecule has 6 rings (SSSR count). The van der Waals surface area contributed by atoms with Crippen molar-refractivity contribution in [2.45, 2.75) is 82.5 Å². The van der Waals surface area contributed by atoms with Crippen LogP contribution in [-0.4, -0.2) is 49.8 Å². The van der Waals surface area contributed by atoms with Crippen molar-refractivity contribution >= 4 is 22.8 Å². The molecule has 2 aliphatic carbocycles. The molecule has 1 unspecified atom stereocenters. The highest BCUT2D eigenvalue weighted by Crippen LogP contribution is 2.37. The summed E-state index contributed by atoms with van der Waals surface area (Å²) < 4.78 is 2.10. The van der Waals surface area contributed by atoms with Gasteiger partial charge in [0, 0.05) is 37.5 Å². The van der Waals surface area contributed by atoms with Crippen molar-refractivity contribution in [2.75, 3.05) is 6.54 Å². The lowest BCUT2D eigenvalue weighted by atomic mass is 9.93. The molecule has 0 N–H and O–H groups in total. The second-order valence-electron chi connectivity index (χ2n) is 10.5. The Balaban J connectivity index is 1.31. The predicted molar refractivity (Wildman–Crippen MR) is 136 cm³/mol. The zero-order valence-corrected chi connectivity index (χ0v) is 20.3. The fraction of sp³-hybridized carbons (Fsp3) is 0.483. The molecule has 0 radical (unpaired) electrons. The van der Waals surface area contributed by atoms with Gasteiger partial charge in [0.2, 0.25) is 11.8 Å². The molecule has 2 amide bonds. The highest BCUT2D eigenvalue weighted by atomic mass is 16.2. The van der Waals surface area contributed by atoms with E-state index in [0.29, 0.717) is 19.0 Å². The van der Waals surface area contributed by atoms with E-state index in [2.05, 4.69) is 27.7 Å². The first-order valence-electron chi connectivity index (χ1n) is 13.3. The predicted octanol–water partition coefficient (Wildman–Crippen LogP) is 4.88. The molecule has 2 saturated carbocycles. The molecule has 3 fully saturated rings. The first-order valence-corrected chi connectivity index (χ1v) is 13.3. The van der Waals surface area contributed by atoms with E-state index in [-0.39, 0.29) is 30.3 Å². The minimum atomic E-state index is 0.0422. The molecule has 6 nitrogen and oxygen atoms in total. The molecule has 182 valence electrons. The lowest BCUT2D eigenvalue weighted by Crippen LogP contribution is -2.42. The number of hydrogen-bond acceptors (Lipinski definition) is 3. The van der Waals surface area contributed by atoms with Gasteiger partial charge in [0.1, 0.15) is 12.4 Å². The molecule has 2 aromatic carbocycles. The molecule has 2 heterocycles. The van der Waals surface area contributed by atoms with Crippen LogP contribution in [0.5, 0.6) is 0 Å². The number of likely N-dealkylation sites (tertiary alicyclic amines) is 1. The van der Waals surface area contributed by atoms with Crippen molar-refractivity contribution in [3.8, 4) is 0 Å². The third-order valence-corrected chi connectivity index (χ3v) is 8.02. The van der Waals surface area contributed by atoms with Crippen LogP contribution in [0.25, 0.3) is 11.0 Å². The average molecular weight is 471 g/mol. The number of amides is 2. The molecular formula is C29H34N4O2. The van der Waals surface area contributed by atoms with Crippen LogP contribution in [0, 0.1) is 0 Å². The summed E-state index contributed by atoms with van der Waals surface area (Å²) >= 11 is 0. The van der Waals surface area contributed by atoms with Crippen molar-refractivity contribution in [2.24, 2.45) is 0 Å². The first-order chi connectivity index (χ1) is 17.2. The molecule has 0 bridgehead atoms. The quantitative estimate of drug-likeness (QED) is 0.495. The first kappa shape index (κ1) is 22.3. The Morgan fingerprint density at radius 1 is 0.943 bits per heavy atom. The number of carbonyl (C=O) groups excluding carboxylic acids is 2. The fourth-order valence-corrected chi connectivity index (χ4v) is 6.04. The summed E-state index contributed by atoms with van der Waals surface area (Å²) in [6.07, 6.45) is 8.49. The smallest absolute Gasteiger partial charge is 0.243 e. The maximum absolute atomic E-state index is 14.0. The van der Waals surface area contributed by atoms with E-state index in [1.165, 1.54) is 24.8 Å². The molecule has 1 aromatic heterocycles. The summed E-state index contributed by atoms with van der Waals surface area (Å²) in [4.78, 5) is 35.8. The third kappa shape index (κ3) is 4.58. The molecule has 3 aliphatic rings. The molecule has 3 aromatic rings. The van der Waals surface area contributed by atoms with Crippen molar-refractivity contribution in [3.05, 3.63) is 66.0 Å². The molecule has 1 saturated heterocycles. The van der Waals surface area contributed by atoms with Crippen LogP contribution in [0.15, 0.2) is 54.6 Å². The number of nitrogens with zero attached hydrogens (tertiary/aromatic N) is 4. The standard InChI is InChI=1S/C29H34N4O2/c34-27-17-22(19-32(27)24-15-16-24)29-30-25-13-7-8-14-26(25)33(29)20-28(35)31(23-11-5-2-6-12-23)18-21-9-3-1-4-10-21/h1,3-4,7-10,13-14,22-24H,2,5-6,11-12,15-20H2. The van der Waals surface area contributed by atoms with Crippen LogP contribution in [0.2, 0.25) is 0 Å². The number of fused-ring (bicyclic) bond motifs is 1. The Labute approximate surface area is 206 Å². The van der Waals surface area contributed by atoms with Gasteiger partial charge in [-0.05, 0) is 43.4 Å². The summed E-state index contributed by atoms with van der Waals surface area (Å²) in [5.74, 6) is 1.31. The van der Waals surface area contributed by atoms with Gasteiger partial charge in [0.15, 0.2) is 0 Å². The summed E-state index contributed by atoms with van der Waals surface area (Å²) in [5.41, 5.74) is 3.06. The van der Waals surface area contributed by atoms with E-state index in [4.69, 9.17) is 4.98 Å². The van der Waals surface area contributed by atoms with Gasteiger partial charge in [-0.2, -0.15) is 0 Å². The molecule has 0 spiro atoms. The van der Waals surface area contributed by atoms with E-state index in [1.807, 2.05) is 41.3 Å². The van der Waals surface area contributed by atoms with Crippen molar-refractivity contribution in [1.82, 2.24) is 19.4 Å². The minimum Gasteiger partial charge on any atom is -0.339 e. The lowest BCUT2D eigenvalue weighted by molar-refractivity contribution is -0.135. The second-order valence-corrected chi connectivity index (χ2v) is 10.5. The minimum absolute atomic E-state index is 0.0422. The number of benzene rings is 2. The highest BCUT2D eigenvalue weighted by Gasteiger charge is 2.41. The van der Waals surface area contributed by atoms with E-state index in [1.54, 1.807) is 0 Å². The van der Waals surface area contributed by atoms with Gasteiger partial charge in [0.05, 0.1) is 11.0 Å². The van der Waals surface area contributed by atoms with E-state index in [0.717, 1.165) is 49.1 Å². The number of imidazole rings is 1. The second kappa shape index (κ2) is 9.48. The highest BCUT2D eigenvalue weighted by molar-refractivity contribution is 5.83. The molecule has 1 aliphatic heterocycles. The van der Waals surface area contributed by atoms with Gasteiger partial charge in [-0.25, -0.2) is 4.98 Å². The van der Waals surface area contributed by atoms with Gasteiger partial charge < -0.3 is 14.4 Å². The zero-order chi connectivity index (χ0) is 23.8. The van der Waals surface area contributed by atoms with Crippen molar-refractivity contribution < 1.29 is 9.59 Å². The topological polar surface area (TPSA) is 58.4 Å². The van der Waals surface area contributed by atoms with Gasteiger partial charge in [-0.15, -0.1) is 0 Å². The van der Waals surface area contributed by atoms with Crippen LogP contribution in [-0.2, 0) is 22.7 Å². The molecule has 35 heavy (non-hydrogen) atoms. The summed E-state index contributed by atoms with van der Waals surface area (Å²) in [6, 6.07) is 19.1. The molecular weight excluding hydrogens is 436 g/mol. The van der Waals surface area contributed by atoms with Crippen LogP contribution in [0.4, 0.5) is 0 Å². The maximum Gasteiger partial charge on any atom is 0.243 e. The van der Waals surface area contributed by atoms with Gasteiger partial charge in [-0.3, -0.25) is 9.59 Å². The van der Waals surface area contributed by atoms with E-state index < -0.39 is 0 Å². The zero-order valence-electron chi connectivity index (χ0n) is 20.3. The Morgan fingerprint density at radius 2 is 1.69 bits per heavy atom. The molecule has 6 heteroatoms. The Bertz CT molecular complexity index is 1210. The lowest BCUT2D eigenvalue weighted by Gasteiger charge is -2.35. The van der Waals surface area contributed by atoms with Gasteiger partial charge >= 0.3 is 0 Å². The molecule has 1 atom stereocenters. The fourth-order valence-electron chi connectivity index (χ4n) is 6.04. The van der Waals surface area contributed by atoms with Crippen LogP contribution >= 0.6 is 0 Å². The van der Waals surface area contributed by atoms with Gasteiger partial charge in [-0.1, -0.05) is 61.7 Å². The SMILES string of the molecule is O=C(Cn1c(C2CC(=O)N(C3CC3)C2)nc2ccccc21)N(Cc1ccccc1)C1CCCCC1. The van der Waals surface area contributed by atoms with Crippen LogP contribution < -0.4 is 0 Å². The van der Waals surface area contributed by atoms with E-state index >= 15 is 0 Å². The van der Waals surface area contributed by atoms with Crippen molar-refractivity contribution in [3.63, 3.8) is 0 Å². The van der Waals surface area contributed by atoms with Crippen LogP contribution in [0.3, 0.4) is 0 Å².